The number of carbonyl (C=O) groups is 2. The standard InChI is InChI=1S/C18H28N4O3/c1-14(23)19-15-7-8-16(17(13-15)25-3)20-18(24)21(2)9-6-12-22-10-4-5-11-22/h7-8,13H,4-6,9-12H2,1-3H3,(H,19,23)(H,20,24). The minimum Gasteiger partial charge on any atom is -0.494 e. The van der Waals surface area contributed by atoms with Crippen LogP contribution in [-0.4, -0.2) is 62.1 Å². The Morgan fingerprint density at radius 1 is 1.24 bits per heavy atom. The number of nitrogens with one attached hydrogen (secondary N) is 2. The molecule has 138 valence electrons. The van der Waals surface area contributed by atoms with E-state index in [0.29, 0.717) is 23.7 Å². The zero-order valence-electron chi connectivity index (χ0n) is 15.3. The minimum absolute atomic E-state index is 0.156. The Morgan fingerprint density at radius 3 is 2.60 bits per heavy atom. The van der Waals surface area contributed by atoms with Crippen LogP contribution in [0.15, 0.2) is 18.2 Å². The molecule has 2 N–H and O–H groups in total. The summed E-state index contributed by atoms with van der Waals surface area (Å²) < 4.78 is 5.31. The van der Waals surface area contributed by atoms with Crippen LogP contribution in [-0.2, 0) is 4.79 Å². The van der Waals surface area contributed by atoms with Gasteiger partial charge in [-0.1, -0.05) is 0 Å². The van der Waals surface area contributed by atoms with Gasteiger partial charge in [-0.2, -0.15) is 0 Å². The number of ether oxygens (including phenoxy) is 1. The second-order valence-corrected chi connectivity index (χ2v) is 6.35. The van der Waals surface area contributed by atoms with Crippen LogP contribution in [0.2, 0.25) is 0 Å². The van der Waals surface area contributed by atoms with Crippen molar-refractivity contribution in [2.45, 2.75) is 26.2 Å². The predicted molar refractivity (Wildman–Crippen MR) is 99.2 cm³/mol. The van der Waals surface area contributed by atoms with Crippen LogP contribution in [0.25, 0.3) is 0 Å². The fourth-order valence-electron chi connectivity index (χ4n) is 2.93. The van der Waals surface area contributed by atoms with Crippen LogP contribution in [0, 0.1) is 0 Å². The normalized spacial score (nSPS) is 14.2. The molecule has 1 aromatic carbocycles. The molecule has 0 radical (unpaired) electrons. The molecule has 0 spiro atoms. The lowest BCUT2D eigenvalue weighted by molar-refractivity contribution is -0.114. The number of hydrogen-bond donors (Lipinski definition) is 2. The molecular formula is C18H28N4O3. The Morgan fingerprint density at radius 2 is 1.96 bits per heavy atom. The third-order valence-corrected chi connectivity index (χ3v) is 4.28. The fraction of sp³-hybridized carbons (Fsp3) is 0.556. The second-order valence-electron chi connectivity index (χ2n) is 6.35. The summed E-state index contributed by atoms with van der Waals surface area (Å²) in [7, 11) is 3.32. The SMILES string of the molecule is COc1cc(NC(C)=O)ccc1NC(=O)N(C)CCCN1CCCC1. The summed E-state index contributed by atoms with van der Waals surface area (Å²) in [5.41, 5.74) is 1.20. The molecule has 2 rings (SSSR count). The number of anilines is 2. The van der Waals surface area contributed by atoms with Gasteiger partial charge in [0.2, 0.25) is 5.91 Å². The molecule has 1 fully saturated rings. The lowest BCUT2D eigenvalue weighted by Gasteiger charge is -2.21. The average Bonchev–Trinajstić information content (AvgIpc) is 3.08. The molecule has 1 aliphatic heterocycles. The number of hydrogen-bond acceptors (Lipinski definition) is 4. The van der Waals surface area contributed by atoms with Gasteiger partial charge in [0.25, 0.3) is 0 Å². The minimum atomic E-state index is -0.174. The molecule has 0 atom stereocenters. The van der Waals surface area contributed by atoms with Crippen molar-refractivity contribution in [1.82, 2.24) is 9.80 Å². The molecule has 0 saturated carbocycles. The lowest BCUT2D eigenvalue weighted by Crippen LogP contribution is -2.34. The first-order chi connectivity index (χ1) is 12.0. The number of rotatable bonds is 7. The Kier molecular flexibility index (Phi) is 7.06. The van der Waals surface area contributed by atoms with Gasteiger partial charge in [-0.15, -0.1) is 0 Å². The van der Waals surface area contributed by atoms with E-state index in [9.17, 15) is 9.59 Å². The van der Waals surface area contributed by atoms with Crippen molar-refractivity contribution in [3.05, 3.63) is 18.2 Å². The van der Waals surface area contributed by atoms with E-state index in [2.05, 4.69) is 15.5 Å². The van der Waals surface area contributed by atoms with Gasteiger partial charge in [0.1, 0.15) is 5.75 Å². The highest BCUT2D eigenvalue weighted by atomic mass is 16.5. The second kappa shape index (κ2) is 9.27. The first-order valence-electron chi connectivity index (χ1n) is 8.69. The number of carbonyl (C=O) groups excluding carboxylic acids is 2. The Hall–Kier alpha value is -2.28. The largest absolute Gasteiger partial charge is 0.494 e. The van der Waals surface area contributed by atoms with E-state index in [1.807, 2.05) is 0 Å². The van der Waals surface area contributed by atoms with Crippen LogP contribution in [0.1, 0.15) is 26.2 Å². The Bertz CT molecular complexity index is 600. The third kappa shape index (κ3) is 5.94. The monoisotopic (exact) mass is 348 g/mol. The Balaban J connectivity index is 1.86. The predicted octanol–water partition coefficient (Wildman–Crippen LogP) is 2.60. The maximum atomic E-state index is 12.3. The maximum Gasteiger partial charge on any atom is 0.321 e. The summed E-state index contributed by atoms with van der Waals surface area (Å²) >= 11 is 0. The van der Waals surface area contributed by atoms with E-state index in [1.165, 1.54) is 40.0 Å². The van der Waals surface area contributed by atoms with Crippen molar-refractivity contribution in [3.63, 3.8) is 0 Å². The summed E-state index contributed by atoms with van der Waals surface area (Å²) in [6.07, 6.45) is 3.53. The van der Waals surface area contributed by atoms with E-state index in [4.69, 9.17) is 4.74 Å². The molecule has 0 unspecified atom stereocenters. The molecule has 0 bridgehead atoms. The van der Waals surface area contributed by atoms with Gasteiger partial charge < -0.3 is 25.2 Å². The van der Waals surface area contributed by atoms with E-state index in [-0.39, 0.29) is 11.9 Å². The molecule has 1 aromatic rings. The molecule has 3 amide bonds. The van der Waals surface area contributed by atoms with E-state index < -0.39 is 0 Å². The molecule has 7 heteroatoms. The van der Waals surface area contributed by atoms with Crippen molar-refractivity contribution in [2.75, 3.05) is 51.0 Å². The number of nitrogens with zero attached hydrogens (tertiary/aromatic N) is 2. The topological polar surface area (TPSA) is 73.9 Å². The van der Waals surface area contributed by atoms with Crippen LogP contribution >= 0.6 is 0 Å². The van der Waals surface area contributed by atoms with Gasteiger partial charge in [-0.25, -0.2) is 4.79 Å². The summed E-state index contributed by atoms with van der Waals surface area (Å²) in [6, 6.07) is 4.96. The van der Waals surface area contributed by atoms with Crippen molar-refractivity contribution in [2.24, 2.45) is 0 Å². The van der Waals surface area contributed by atoms with Gasteiger partial charge in [0.05, 0.1) is 12.8 Å². The van der Waals surface area contributed by atoms with Gasteiger partial charge in [0, 0.05) is 32.3 Å². The average molecular weight is 348 g/mol. The van der Waals surface area contributed by atoms with Crippen LogP contribution in [0.3, 0.4) is 0 Å². The summed E-state index contributed by atoms with van der Waals surface area (Å²) in [6.45, 7) is 5.53. The highest BCUT2D eigenvalue weighted by Gasteiger charge is 2.14. The molecular weight excluding hydrogens is 320 g/mol. The quantitative estimate of drug-likeness (QED) is 0.794. The van der Waals surface area contributed by atoms with Crippen LogP contribution in [0.5, 0.6) is 5.75 Å². The van der Waals surface area contributed by atoms with Crippen LogP contribution < -0.4 is 15.4 Å². The van der Waals surface area contributed by atoms with Crippen molar-refractivity contribution in [1.29, 1.82) is 0 Å². The molecule has 1 saturated heterocycles. The number of likely N-dealkylation sites (tertiary alicyclic amines) is 1. The third-order valence-electron chi connectivity index (χ3n) is 4.28. The zero-order valence-corrected chi connectivity index (χ0v) is 15.3. The zero-order chi connectivity index (χ0) is 18.2. The van der Waals surface area contributed by atoms with Crippen LogP contribution in [0.4, 0.5) is 16.2 Å². The van der Waals surface area contributed by atoms with Crippen molar-refractivity contribution >= 4 is 23.3 Å². The number of amides is 3. The molecule has 0 aromatic heterocycles. The highest BCUT2D eigenvalue weighted by molar-refractivity contribution is 5.93. The van der Waals surface area contributed by atoms with Gasteiger partial charge in [0.15, 0.2) is 0 Å². The Labute approximate surface area is 149 Å². The van der Waals surface area contributed by atoms with Gasteiger partial charge >= 0.3 is 6.03 Å². The molecule has 0 aliphatic carbocycles. The number of urea groups is 1. The van der Waals surface area contributed by atoms with E-state index in [0.717, 1.165) is 13.0 Å². The molecule has 1 aliphatic rings. The molecule has 25 heavy (non-hydrogen) atoms. The van der Waals surface area contributed by atoms with Gasteiger partial charge in [-0.05, 0) is 51.0 Å². The number of methoxy groups -OCH3 is 1. The molecule has 7 nitrogen and oxygen atoms in total. The van der Waals surface area contributed by atoms with Crippen molar-refractivity contribution in [3.8, 4) is 5.75 Å². The summed E-state index contributed by atoms with van der Waals surface area (Å²) in [5.74, 6) is 0.349. The summed E-state index contributed by atoms with van der Waals surface area (Å²) in [4.78, 5) is 27.6. The van der Waals surface area contributed by atoms with E-state index in [1.54, 1.807) is 30.1 Å². The first-order valence-corrected chi connectivity index (χ1v) is 8.69. The van der Waals surface area contributed by atoms with Gasteiger partial charge in [-0.3, -0.25) is 4.79 Å². The van der Waals surface area contributed by atoms with Crippen molar-refractivity contribution < 1.29 is 14.3 Å². The highest BCUT2D eigenvalue weighted by Crippen LogP contribution is 2.28. The number of benzene rings is 1. The summed E-state index contributed by atoms with van der Waals surface area (Å²) in [5, 5.41) is 5.55. The molecule has 1 heterocycles. The lowest BCUT2D eigenvalue weighted by atomic mass is 10.2. The maximum absolute atomic E-state index is 12.3. The van der Waals surface area contributed by atoms with E-state index >= 15 is 0 Å². The smallest absolute Gasteiger partial charge is 0.321 e. The first kappa shape index (κ1) is 19.1. The fourth-order valence-corrected chi connectivity index (χ4v) is 2.93.